The highest BCUT2D eigenvalue weighted by molar-refractivity contribution is 5.81. The van der Waals surface area contributed by atoms with E-state index in [-0.39, 0.29) is 0 Å². The number of nitrogen functional groups attached to an aromatic ring is 1. The summed E-state index contributed by atoms with van der Waals surface area (Å²) in [5, 5.41) is 5.47. The number of rotatable bonds is 3. The van der Waals surface area contributed by atoms with Gasteiger partial charge in [0, 0.05) is 28.9 Å². The van der Waals surface area contributed by atoms with Crippen molar-refractivity contribution in [1.29, 1.82) is 0 Å². The SMILES string of the molecule is COc1cc(C)nc(Cn2ncc3ccc(N)cc32)c1. The average Bonchev–Trinajstić information content (AvgIpc) is 2.80. The molecule has 5 nitrogen and oxygen atoms in total. The molecule has 0 unspecified atom stereocenters. The predicted molar refractivity (Wildman–Crippen MR) is 78.8 cm³/mol. The number of nitrogens with zero attached hydrogens (tertiary/aromatic N) is 3. The largest absolute Gasteiger partial charge is 0.497 e. The molecular formula is C15H16N4O. The molecule has 1 aromatic carbocycles. The molecule has 2 N–H and O–H groups in total. The Labute approximate surface area is 117 Å². The zero-order chi connectivity index (χ0) is 14.1. The molecule has 0 bridgehead atoms. The van der Waals surface area contributed by atoms with Crippen LogP contribution in [0.3, 0.4) is 0 Å². The number of anilines is 1. The van der Waals surface area contributed by atoms with Crippen LogP contribution in [0.2, 0.25) is 0 Å². The van der Waals surface area contributed by atoms with Crippen LogP contribution in [0.5, 0.6) is 5.75 Å². The van der Waals surface area contributed by atoms with E-state index in [4.69, 9.17) is 10.5 Å². The number of hydrogen-bond acceptors (Lipinski definition) is 4. The van der Waals surface area contributed by atoms with Crippen molar-refractivity contribution in [3.63, 3.8) is 0 Å². The molecular weight excluding hydrogens is 252 g/mol. The van der Waals surface area contributed by atoms with Crippen LogP contribution in [0.4, 0.5) is 5.69 Å². The quantitative estimate of drug-likeness (QED) is 0.741. The second-order valence-electron chi connectivity index (χ2n) is 4.76. The van der Waals surface area contributed by atoms with Crippen LogP contribution < -0.4 is 10.5 Å². The molecule has 102 valence electrons. The van der Waals surface area contributed by atoms with Gasteiger partial charge in [0.15, 0.2) is 0 Å². The van der Waals surface area contributed by atoms with Crippen LogP contribution in [-0.2, 0) is 6.54 Å². The number of hydrogen-bond donors (Lipinski definition) is 1. The standard InChI is InChI=1S/C15H16N4O/c1-10-5-14(20-2)7-13(18-10)9-19-15-6-12(16)4-3-11(15)8-17-19/h3-8H,9,16H2,1-2H3. The Morgan fingerprint density at radius 1 is 1.25 bits per heavy atom. The molecule has 0 spiro atoms. The van der Waals surface area contributed by atoms with Crippen LogP contribution in [0.25, 0.3) is 10.9 Å². The van der Waals surface area contributed by atoms with E-state index in [1.54, 1.807) is 7.11 Å². The Kier molecular flexibility index (Phi) is 3.02. The number of aryl methyl sites for hydroxylation is 1. The maximum atomic E-state index is 5.84. The molecule has 0 aliphatic rings. The van der Waals surface area contributed by atoms with Gasteiger partial charge in [0.25, 0.3) is 0 Å². The second kappa shape index (κ2) is 4.85. The molecule has 3 aromatic rings. The van der Waals surface area contributed by atoms with Crippen molar-refractivity contribution in [3.8, 4) is 5.75 Å². The highest BCUT2D eigenvalue weighted by Crippen LogP contribution is 2.19. The van der Waals surface area contributed by atoms with Gasteiger partial charge in [0.2, 0.25) is 0 Å². The van der Waals surface area contributed by atoms with Gasteiger partial charge in [-0.1, -0.05) is 0 Å². The number of nitrogens with two attached hydrogens (primary N) is 1. The van der Waals surface area contributed by atoms with Crippen LogP contribution >= 0.6 is 0 Å². The summed E-state index contributed by atoms with van der Waals surface area (Å²) in [6.45, 7) is 2.54. The number of ether oxygens (including phenoxy) is 1. The summed E-state index contributed by atoms with van der Waals surface area (Å²) < 4.78 is 7.17. The van der Waals surface area contributed by atoms with Crippen molar-refractivity contribution in [2.45, 2.75) is 13.5 Å². The average molecular weight is 268 g/mol. The minimum atomic E-state index is 0.588. The van der Waals surface area contributed by atoms with E-state index in [1.807, 2.05) is 48.1 Å². The molecule has 0 radical (unpaired) electrons. The van der Waals surface area contributed by atoms with E-state index >= 15 is 0 Å². The summed E-state index contributed by atoms with van der Waals surface area (Å²) in [4.78, 5) is 4.51. The molecule has 2 aromatic heterocycles. The lowest BCUT2D eigenvalue weighted by atomic mass is 10.2. The Hall–Kier alpha value is -2.56. The number of aromatic nitrogens is 3. The summed E-state index contributed by atoms with van der Waals surface area (Å²) in [5.41, 5.74) is 9.41. The maximum absolute atomic E-state index is 5.84. The molecule has 3 rings (SSSR count). The fourth-order valence-electron chi connectivity index (χ4n) is 2.27. The van der Waals surface area contributed by atoms with Gasteiger partial charge in [-0.25, -0.2) is 0 Å². The van der Waals surface area contributed by atoms with Crippen LogP contribution in [0.1, 0.15) is 11.4 Å². The number of pyridine rings is 1. The normalized spacial score (nSPS) is 10.9. The predicted octanol–water partition coefficient (Wildman–Crippen LogP) is 2.38. The summed E-state index contributed by atoms with van der Waals surface area (Å²) in [6, 6.07) is 9.60. The first-order valence-electron chi connectivity index (χ1n) is 6.38. The number of benzene rings is 1. The smallest absolute Gasteiger partial charge is 0.122 e. The summed E-state index contributed by atoms with van der Waals surface area (Å²) in [5.74, 6) is 0.809. The van der Waals surface area contributed by atoms with Crippen LogP contribution in [-0.4, -0.2) is 21.9 Å². The lowest BCUT2D eigenvalue weighted by Gasteiger charge is -2.07. The van der Waals surface area contributed by atoms with Crippen LogP contribution in [0.15, 0.2) is 36.5 Å². The van der Waals surface area contributed by atoms with Gasteiger partial charge in [-0.05, 0) is 25.1 Å². The van der Waals surface area contributed by atoms with Gasteiger partial charge in [-0.2, -0.15) is 5.10 Å². The van der Waals surface area contributed by atoms with Crippen molar-refractivity contribution < 1.29 is 4.74 Å². The first-order valence-corrected chi connectivity index (χ1v) is 6.38. The van der Waals surface area contributed by atoms with E-state index in [0.717, 1.165) is 33.7 Å². The van der Waals surface area contributed by atoms with Gasteiger partial charge >= 0.3 is 0 Å². The first kappa shape index (κ1) is 12.5. The van der Waals surface area contributed by atoms with E-state index < -0.39 is 0 Å². The Bertz CT molecular complexity index is 764. The number of fused-ring (bicyclic) bond motifs is 1. The molecule has 0 fully saturated rings. The molecule has 0 aliphatic heterocycles. The molecule has 20 heavy (non-hydrogen) atoms. The van der Waals surface area contributed by atoms with Crippen molar-refractivity contribution >= 4 is 16.6 Å². The zero-order valence-electron chi connectivity index (χ0n) is 11.5. The highest BCUT2D eigenvalue weighted by Gasteiger charge is 2.06. The fourth-order valence-corrected chi connectivity index (χ4v) is 2.27. The molecule has 0 saturated heterocycles. The summed E-state index contributed by atoms with van der Waals surface area (Å²) in [6.07, 6.45) is 1.84. The lowest BCUT2D eigenvalue weighted by molar-refractivity contribution is 0.412. The minimum absolute atomic E-state index is 0.588. The van der Waals surface area contributed by atoms with Gasteiger partial charge < -0.3 is 10.5 Å². The van der Waals surface area contributed by atoms with Crippen LogP contribution in [0, 0.1) is 6.92 Å². The molecule has 5 heteroatoms. The third-order valence-electron chi connectivity index (χ3n) is 3.20. The topological polar surface area (TPSA) is 66.0 Å². The zero-order valence-corrected chi connectivity index (χ0v) is 11.5. The van der Waals surface area contributed by atoms with Gasteiger partial charge in [-0.15, -0.1) is 0 Å². The third-order valence-corrected chi connectivity index (χ3v) is 3.20. The van der Waals surface area contributed by atoms with E-state index in [0.29, 0.717) is 6.54 Å². The first-order chi connectivity index (χ1) is 9.65. The molecule has 0 amide bonds. The van der Waals surface area contributed by atoms with Gasteiger partial charge in [0.1, 0.15) is 5.75 Å². The maximum Gasteiger partial charge on any atom is 0.122 e. The Balaban J connectivity index is 2.00. The Morgan fingerprint density at radius 3 is 2.90 bits per heavy atom. The summed E-state index contributed by atoms with van der Waals surface area (Å²) >= 11 is 0. The monoisotopic (exact) mass is 268 g/mol. The van der Waals surface area contributed by atoms with Crippen molar-refractivity contribution in [3.05, 3.63) is 47.9 Å². The molecule has 2 heterocycles. The van der Waals surface area contributed by atoms with E-state index in [2.05, 4.69) is 10.1 Å². The minimum Gasteiger partial charge on any atom is -0.497 e. The van der Waals surface area contributed by atoms with Gasteiger partial charge in [0.05, 0.1) is 31.1 Å². The van der Waals surface area contributed by atoms with E-state index in [9.17, 15) is 0 Å². The van der Waals surface area contributed by atoms with Gasteiger partial charge in [-0.3, -0.25) is 9.67 Å². The molecule has 0 saturated carbocycles. The third kappa shape index (κ3) is 2.30. The number of methoxy groups -OCH3 is 1. The highest BCUT2D eigenvalue weighted by atomic mass is 16.5. The fraction of sp³-hybridized carbons (Fsp3) is 0.200. The van der Waals surface area contributed by atoms with Crippen molar-refractivity contribution in [2.24, 2.45) is 0 Å². The summed E-state index contributed by atoms with van der Waals surface area (Å²) in [7, 11) is 1.66. The lowest BCUT2D eigenvalue weighted by Crippen LogP contribution is -2.04. The van der Waals surface area contributed by atoms with Crippen molar-refractivity contribution in [2.75, 3.05) is 12.8 Å². The van der Waals surface area contributed by atoms with E-state index in [1.165, 1.54) is 0 Å². The molecule has 0 atom stereocenters. The molecule has 0 aliphatic carbocycles. The Morgan fingerprint density at radius 2 is 2.10 bits per heavy atom. The van der Waals surface area contributed by atoms with Crippen molar-refractivity contribution in [1.82, 2.24) is 14.8 Å². The second-order valence-corrected chi connectivity index (χ2v) is 4.76.